The minimum absolute atomic E-state index is 0.0611. The molecule has 1 rings (SSSR count). The van der Waals surface area contributed by atoms with Gasteiger partial charge >= 0.3 is 0 Å². The summed E-state index contributed by atoms with van der Waals surface area (Å²) in [6, 6.07) is 0. The van der Waals surface area contributed by atoms with E-state index in [9.17, 15) is 13.2 Å². The second-order valence-electron chi connectivity index (χ2n) is 6.00. The van der Waals surface area contributed by atoms with Gasteiger partial charge in [0.15, 0.2) is 0 Å². The molecule has 0 aromatic rings. The molecular weight excluding hydrogens is 290 g/mol. The number of hydrogen-bond donors (Lipinski definition) is 2. The summed E-state index contributed by atoms with van der Waals surface area (Å²) in [5, 5.41) is 2.74. The summed E-state index contributed by atoms with van der Waals surface area (Å²) >= 11 is 0. The lowest BCUT2D eigenvalue weighted by Crippen LogP contribution is -2.53. The average Bonchev–Trinajstić information content (AvgIpc) is 2.38. The fourth-order valence-corrected chi connectivity index (χ4v) is 4.37. The average molecular weight is 319 g/mol. The van der Waals surface area contributed by atoms with Gasteiger partial charge in [-0.05, 0) is 19.8 Å². The van der Waals surface area contributed by atoms with Crippen molar-refractivity contribution >= 4 is 15.9 Å². The minimum atomic E-state index is -3.29. The second kappa shape index (κ2) is 7.56. The molecule has 6 nitrogen and oxygen atoms in total. The van der Waals surface area contributed by atoms with Gasteiger partial charge in [0.1, 0.15) is 0 Å². The van der Waals surface area contributed by atoms with Crippen LogP contribution in [0.3, 0.4) is 0 Å². The molecule has 1 amide bonds. The zero-order chi connectivity index (χ0) is 16.1. The molecule has 2 unspecified atom stereocenters. The summed E-state index contributed by atoms with van der Waals surface area (Å²) < 4.78 is 25.5. The predicted molar refractivity (Wildman–Crippen MR) is 84.3 cm³/mol. The standard InChI is InChI=1S/C14H29N3O3S/c1-4-17(5-2)21(19,20)11-10-16-13(18)12-8-6-7-9-14(12,3)15/h12H,4-11,15H2,1-3H3,(H,16,18). The number of amides is 1. The Labute approximate surface area is 128 Å². The molecule has 0 spiro atoms. The van der Waals surface area contributed by atoms with E-state index in [1.54, 1.807) is 0 Å². The Morgan fingerprint density at radius 1 is 1.33 bits per heavy atom. The van der Waals surface area contributed by atoms with Crippen molar-refractivity contribution in [2.45, 2.75) is 52.0 Å². The number of hydrogen-bond acceptors (Lipinski definition) is 4. The molecule has 2 atom stereocenters. The van der Waals surface area contributed by atoms with Crippen LogP contribution in [0.15, 0.2) is 0 Å². The van der Waals surface area contributed by atoms with E-state index in [1.165, 1.54) is 4.31 Å². The van der Waals surface area contributed by atoms with Crippen LogP contribution in [-0.2, 0) is 14.8 Å². The van der Waals surface area contributed by atoms with Crippen LogP contribution >= 0.6 is 0 Å². The van der Waals surface area contributed by atoms with E-state index in [4.69, 9.17) is 5.73 Å². The Balaban J connectivity index is 2.50. The predicted octanol–water partition coefficient (Wildman–Crippen LogP) is 0.682. The number of carbonyl (C=O) groups is 1. The first-order chi connectivity index (χ1) is 9.74. The van der Waals surface area contributed by atoms with Gasteiger partial charge in [-0.1, -0.05) is 26.7 Å². The maximum absolute atomic E-state index is 12.2. The van der Waals surface area contributed by atoms with Crippen molar-refractivity contribution in [2.24, 2.45) is 11.7 Å². The van der Waals surface area contributed by atoms with Gasteiger partial charge in [-0.2, -0.15) is 0 Å². The van der Waals surface area contributed by atoms with Gasteiger partial charge in [0, 0.05) is 25.2 Å². The summed E-state index contributed by atoms with van der Waals surface area (Å²) in [4.78, 5) is 12.2. The van der Waals surface area contributed by atoms with Crippen LogP contribution in [0.5, 0.6) is 0 Å². The molecule has 0 aromatic carbocycles. The monoisotopic (exact) mass is 319 g/mol. The number of sulfonamides is 1. The first-order valence-electron chi connectivity index (χ1n) is 7.79. The van der Waals surface area contributed by atoms with Gasteiger partial charge in [-0.3, -0.25) is 4.79 Å². The Kier molecular flexibility index (Phi) is 6.62. The van der Waals surface area contributed by atoms with Crippen LogP contribution in [0.2, 0.25) is 0 Å². The number of nitrogens with zero attached hydrogens (tertiary/aromatic N) is 1. The second-order valence-corrected chi connectivity index (χ2v) is 8.08. The fraction of sp³-hybridized carbons (Fsp3) is 0.929. The highest BCUT2D eigenvalue weighted by molar-refractivity contribution is 7.89. The van der Waals surface area contributed by atoms with Gasteiger partial charge in [-0.15, -0.1) is 0 Å². The molecule has 0 bridgehead atoms. The van der Waals surface area contributed by atoms with Gasteiger partial charge in [0.2, 0.25) is 15.9 Å². The summed E-state index contributed by atoms with van der Waals surface area (Å²) in [5.74, 6) is -0.397. The molecule has 7 heteroatoms. The number of carbonyl (C=O) groups excluding carboxylic acids is 1. The van der Waals surface area contributed by atoms with E-state index in [0.717, 1.165) is 25.7 Å². The normalized spacial score (nSPS) is 26.8. The lowest BCUT2D eigenvalue weighted by atomic mass is 9.74. The third-order valence-electron chi connectivity index (χ3n) is 4.33. The van der Waals surface area contributed by atoms with Gasteiger partial charge in [-0.25, -0.2) is 12.7 Å². The molecule has 0 saturated heterocycles. The van der Waals surface area contributed by atoms with Crippen molar-refractivity contribution in [2.75, 3.05) is 25.4 Å². The minimum Gasteiger partial charge on any atom is -0.355 e. The summed E-state index contributed by atoms with van der Waals surface area (Å²) in [6.45, 7) is 6.57. The molecule has 1 aliphatic carbocycles. The van der Waals surface area contributed by atoms with Crippen molar-refractivity contribution in [3.63, 3.8) is 0 Å². The van der Waals surface area contributed by atoms with Crippen molar-refractivity contribution < 1.29 is 13.2 Å². The Bertz CT molecular complexity index is 444. The maximum atomic E-state index is 12.2. The summed E-state index contributed by atoms with van der Waals surface area (Å²) in [7, 11) is -3.29. The van der Waals surface area contributed by atoms with Crippen molar-refractivity contribution in [3.05, 3.63) is 0 Å². The molecule has 0 aromatic heterocycles. The number of nitrogens with one attached hydrogen (secondary N) is 1. The van der Waals surface area contributed by atoms with E-state index in [2.05, 4.69) is 5.32 Å². The van der Waals surface area contributed by atoms with Crippen LogP contribution in [-0.4, -0.2) is 49.6 Å². The molecule has 3 N–H and O–H groups in total. The third kappa shape index (κ3) is 4.93. The summed E-state index contributed by atoms with van der Waals surface area (Å²) in [6.07, 6.45) is 3.67. The molecule has 1 fully saturated rings. The maximum Gasteiger partial charge on any atom is 0.224 e. The van der Waals surface area contributed by atoms with Gasteiger partial charge in [0.05, 0.1) is 11.7 Å². The number of rotatable bonds is 7. The zero-order valence-corrected chi connectivity index (χ0v) is 14.2. The SMILES string of the molecule is CCN(CC)S(=O)(=O)CCNC(=O)C1CCCCC1(C)N. The van der Waals surface area contributed by atoms with Crippen LogP contribution in [0.25, 0.3) is 0 Å². The first-order valence-corrected chi connectivity index (χ1v) is 9.40. The highest BCUT2D eigenvalue weighted by atomic mass is 32.2. The smallest absolute Gasteiger partial charge is 0.224 e. The van der Waals surface area contributed by atoms with E-state index in [0.29, 0.717) is 13.1 Å². The van der Waals surface area contributed by atoms with Crippen LogP contribution < -0.4 is 11.1 Å². The molecule has 0 heterocycles. The van der Waals surface area contributed by atoms with Crippen LogP contribution in [0.4, 0.5) is 0 Å². The van der Waals surface area contributed by atoms with Gasteiger partial charge in [0.25, 0.3) is 0 Å². The molecule has 1 saturated carbocycles. The molecule has 0 aliphatic heterocycles. The zero-order valence-electron chi connectivity index (χ0n) is 13.4. The van der Waals surface area contributed by atoms with E-state index in [1.807, 2.05) is 20.8 Å². The van der Waals surface area contributed by atoms with E-state index in [-0.39, 0.29) is 24.1 Å². The summed E-state index contributed by atoms with van der Waals surface area (Å²) in [5.41, 5.74) is 5.70. The third-order valence-corrected chi connectivity index (χ3v) is 6.35. The molecule has 21 heavy (non-hydrogen) atoms. The molecule has 1 aliphatic rings. The number of nitrogens with two attached hydrogens (primary N) is 1. The van der Waals surface area contributed by atoms with Crippen molar-refractivity contribution in [3.8, 4) is 0 Å². The van der Waals surface area contributed by atoms with E-state index >= 15 is 0 Å². The van der Waals surface area contributed by atoms with Crippen LogP contribution in [0, 0.1) is 5.92 Å². The molecular formula is C14H29N3O3S. The van der Waals surface area contributed by atoms with E-state index < -0.39 is 15.6 Å². The highest BCUT2D eigenvalue weighted by Crippen LogP contribution is 2.31. The first kappa shape index (κ1) is 18.4. The lowest BCUT2D eigenvalue weighted by molar-refractivity contribution is -0.127. The lowest BCUT2D eigenvalue weighted by Gasteiger charge is -2.37. The molecule has 124 valence electrons. The van der Waals surface area contributed by atoms with Crippen molar-refractivity contribution in [1.29, 1.82) is 0 Å². The van der Waals surface area contributed by atoms with Gasteiger partial charge < -0.3 is 11.1 Å². The van der Waals surface area contributed by atoms with Crippen molar-refractivity contribution in [1.82, 2.24) is 9.62 Å². The largest absolute Gasteiger partial charge is 0.355 e. The Hall–Kier alpha value is -0.660. The fourth-order valence-electron chi connectivity index (χ4n) is 2.96. The quantitative estimate of drug-likeness (QED) is 0.722. The van der Waals surface area contributed by atoms with Crippen LogP contribution in [0.1, 0.15) is 46.5 Å². The Morgan fingerprint density at radius 3 is 2.48 bits per heavy atom. The topological polar surface area (TPSA) is 92.5 Å². The highest BCUT2D eigenvalue weighted by Gasteiger charge is 2.37. The Morgan fingerprint density at radius 2 is 1.95 bits per heavy atom. The molecule has 0 radical (unpaired) electrons.